The van der Waals surface area contributed by atoms with Gasteiger partial charge in [0.05, 0.1) is 10.6 Å². The third-order valence-corrected chi connectivity index (χ3v) is 10.5. The van der Waals surface area contributed by atoms with Crippen LogP contribution < -0.4 is 10.0 Å². The van der Waals surface area contributed by atoms with E-state index >= 15 is 0 Å². The summed E-state index contributed by atoms with van der Waals surface area (Å²) in [5.41, 5.74) is 4.44. The third kappa shape index (κ3) is 9.42. The number of amides is 1. The molecule has 0 saturated carbocycles. The highest BCUT2D eigenvalue weighted by atomic mass is 32.2. The van der Waals surface area contributed by atoms with Crippen molar-refractivity contribution in [3.05, 3.63) is 83.7 Å². The zero-order chi connectivity index (χ0) is 31.6. The summed E-state index contributed by atoms with van der Waals surface area (Å²) in [5.74, 6) is -2.24. The highest BCUT2D eigenvalue weighted by Crippen LogP contribution is 2.32. The van der Waals surface area contributed by atoms with E-state index in [2.05, 4.69) is 17.2 Å². The van der Waals surface area contributed by atoms with Crippen molar-refractivity contribution in [2.24, 2.45) is 0 Å². The molecule has 232 valence electrons. The van der Waals surface area contributed by atoms with Gasteiger partial charge in [0, 0.05) is 37.9 Å². The second kappa shape index (κ2) is 15.2. The van der Waals surface area contributed by atoms with Crippen LogP contribution in [0, 0.1) is 6.92 Å². The molecule has 0 unspecified atom stereocenters. The van der Waals surface area contributed by atoms with E-state index in [1.165, 1.54) is 4.31 Å². The minimum Gasteiger partial charge on any atom is -0.480 e. The lowest BCUT2D eigenvalue weighted by atomic mass is 9.97. The van der Waals surface area contributed by atoms with Crippen LogP contribution >= 0.6 is 0 Å². The Balaban J connectivity index is 1.79. The number of carbonyl (C=O) groups excluding carboxylic acids is 1. The second-order valence-corrected chi connectivity index (χ2v) is 13.8. The quantitative estimate of drug-likeness (QED) is 0.217. The van der Waals surface area contributed by atoms with E-state index in [0.717, 1.165) is 28.7 Å². The molecule has 0 aliphatic rings. The lowest BCUT2D eigenvalue weighted by molar-refractivity contribution is -0.135. The van der Waals surface area contributed by atoms with Gasteiger partial charge in [-0.15, -0.1) is 0 Å². The molecule has 1 heterocycles. The second-order valence-electron chi connectivity index (χ2n) is 10.1. The molecule has 1 aromatic heterocycles. The van der Waals surface area contributed by atoms with Gasteiger partial charge in [0.2, 0.25) is 26.0 Å². The molecule has 0 bridgehead atoms. The zero-order valence-electron chi connectivity index (χ0n) is 24.5. The minimum absolute atomic E-state index is 0.0357. The van der Waals surface area contributed by atoms with Crippen LogP contribution in [0.2, 0.25) is 0 Å². The molecule has 43 heavy (non-hydrogen) atoms. The van der Waals surface area contributed by atoms with E-state index in [1.807, 2.05) is 48.2 Å². The van der Waals surface area contributed by atoms with Gasteiger partial charge >= 0.3 is 5.97 Å². The smallest absolute Gasteiger partial charge is 0.318 e. The van der Waals surface area contributed by atoms with Crippen LogP contribution in [-0.2, 0) is 36.1 Å². The maximum absolute atomic E-state index is 14.0. The van der Waals surface area contributed by atoms with Crippen LogP contribution in [0.5, 0.6) is 0 Å². The van der Waals surface area contributed by atoms with Crippen LogP contribution in [-0.4, -0.2) is 68.5 Å². The summed E-state index contributed by atoms with van der Waals surface area (Å²) >= 11 is 0. The number of carboxylic acids is 1. The lowest BCUT2D eigenvalue weighted by Crippen LogP contribution is -2.37. The number of aliphatic carboxylic acids is 1. The Kier molecular flexibility index (Phi) is 12.0. The molecule has 1 atom stereocenters. The van der Waals surface area contributed by atoms with Gasteiger partial charge in [-0.2, -0.15) is 4.31 Å². The zero-order valence-corrected chi connectivity index (χ0v) is 26.1. The number of aryl methyl sites for hydroxylation is 2. The molecule has 0 aliphatic carbocycles. The SMILES string of the molecule is CCc1cnccc1-c1cccc([C@H](C)N(CCCC(=O)NCCS(=O)(=O)NCC(=O)O)S(=O)(=O)c2ccccc2C)c1. The van der Waals surface area contributed by atoms with E-state index in [4.69, 9.17) is 5.11 Å². The summed E-state index contributed by atoms with van der Waals surface area (Å²) < 4.78 is 55.0. The highest BCUT2D eigenvalue weighted by Gasteiger charge is 2.31. The van der Waals surface area contributed by atoms with Gasteiger partial charge < -0.3 is 10.4 Å². The summed E-state index contributed by atoms with van der Waals surface area (Å²) in [6, 6.07) is 15.9. The number of carboxylic acid groups (broad SMARTS) is 1. The van der Waals surface area contributed by atoms with Crippen molar-refractivity contribution in [3.8, 4) is 11.1 Å². The summed E-state index contributed by atoms with van der Waals surface area (Å²) in [6.07, 6.45) is 4.50. The Bertz CT molecular complexity index is 1640. The van der Waals surface area contributed by atoms with Crippen LogP contribution in [0.1, 0.15) is 49.4 Å². The van der Waals surface area contributed by atoms with E-state index in [9.17, 15) is 26.4 Å². The summed E-state index contributed by atoms with van der Waals surface area (Å²) in [5, 5.41) is 11.1. The number of hydrogen-bond donors (Lipinski definition) is 3. The van der Waals surface area contributed by atoms with Crippen molar-refractivity contribution in [3.63, 3.8) is 0 Å². The van der Waals surface area contributed by atoms with Crippen molar-refractivity contribution in [1.29, 1.82) is 0 Å². The number of nitrogens with one attached hydrogen (secondary N) is 2. The third-order valence-electron chi connectivity index (χ3n) is 7.00. The molecule has 3 N–H and O–H groups in total. The van der Waals surface area contributed by atoms with Gasteiger partial charge in [0.15, 0.2) is 0 Å². The number of aromatic nitrogens is 1. The molecule has 0 radical (unpaired) electrons. The first kappa shape index (κ1) is 33.8. The van der Waals surface area contributed by atoms with Crippen LogP contribution in [0.4, 0.5) is 0 Å². The molecule has 0 saturated heterocycles. The van der Waals surface area contributed by atoms with Gasteiger partial charge in [0.25, 0.3) is 0 Å². The van der Waals surface area contributed by atoms with Crippen molar-refractivity contribution in [2.45, 2.75) is 51.0 Å². The first-order valence-electron chi connectivity index (χ1n) is 13.9. The highest BCUT2D eigenvalue weighted by molar-refractivity contribution is 7.89. The number of hydrogen-bond acceptors (Lipinski definition) is 7. The molecule has 11 nitrogen and oxygen atoms in total. The van der Waals surface area contributed by atoms with Crippen LogP contribution in [0.3, 0.4) is 0 Å². The maximum Gasteiger partial charge on any atom is 0.318 e. The molecule has 0 aliphatic heterocycles. The minimum atomic E-state index is -3.96. The summed E-state index contributed by atoms with van der Waals surface area (Å²) in [7, 11) is -7.83. The number of nitrogens with zero attached hydrogens (tertiary/aromatic N) is 2. The fourth-order valence-corrected chi connectivity index (χ4v) is 7.41. The Hall–Kier alpha value is -3.65. The number of rotatable bonds is 16. The average molecular weight is 631 g/mol. The average Bonchev–Trinajstić information content (AvgIpc) is 2.98. The van der Waals surface area contributed by atoms with Crippen LogP contribution in [0.25, 0.3) is 11.1 Å². The Morgan fingerprint density at radius 3 is 2.49 bits per heavy atom. The first-order valence-corrected chi connectivity index (χ1v) is 17.0. The van der Waals surface area contributed by atoms with Crippen molar-refractivity contribution >= 4 is 31.9 Å². The van der Waals surface area contributed by atoms with E-state index in [0.29, 0.717) is 5.56 Å². The van der Waals surface area contributed by atoms with E-state index < -0.39 is 50.3 Å². The van der Waals surface area contributed by atoms with Gasteiger partial charge in [-0.05, 0) is 72.7 Å². The van der Waals surface area contributed by atoms with E-state index in [-0.39, 0.29) is 30.8 Å². The topological polar surface area (TPSA) is 163 Å². The molecule has 3 aromatic rings. The number of pyridine rings is 1. The predicted octanol–water partition coefficient (Wildman–Crippen LogP) is 3.27. The number of carbonyl (C=O) groups is 2. The van der Waals surface area contributed by atoms with E-state index in [1.54, 1.807) is 37.4 Å². The Labute approximate surface area is 253 Å². The summed E-state index contributed by atoms with van der Waals surface area (Å²) in [6.45, 7) is 4.69. The molecule has 1 amide bonds. The monoisotopic (exact) mass is 630 g/mol. The molecular formula is C30H38N4O7S2. The fourth-order valence-electron chi connectivity index (χ4n) is 4.67. The van der Waals surface area contributed by atoms with Gasteiger partial charge in [-0.1, -0.05) is 43.3 Å². The van der Waals surface area contributed by atoms with Crippen molar-refractivity contribution in [2.75, 3.05) is 25.4 Å². The summed E-state index contributed by atoms with van der Waals surface area (Å²) in [4.78, 5) is 27.4. The standard InChI is InChI=1S/C30H38N4O7S2/c1-4-24-20-31-15-14-27(24)26-11-7-10-25(19-26)23(3)34(43(40,41)28-12-6-5-9-22(28)2)17-8-13-29(35)32-16-18-42(38,39)33-21-30(36)37/h5-7,9-12,14-15,19-20,23,33H,4,8,13,16-18,21H2,1-3H3,(H,32,35)(H,36,37)/t23-/m0/s1. The van der Waals surface area contributed by atoms with Crippen molar-refractivity contribution in [1.82, 2.24) is 19.3 Å². The van der Waals surface area contributed by atoms with Gasteiger partial charge in [0.1, 0.15) is 6.54 Å². The predicted molar refractivity (Wildman–Crippen MR) is 164 cm³/mol. The van der Waals surface area contributed by atoms with Gasteiger partial charge in [-0.3, -0.25) is 14.6 Å². The molecule has 0 fully saturated rings. The van der Waals surface area contributed by atoms with Gasteiger partial charge in [-0.25, -0.2) is 21.6 Å². The molecular weight excluding hydrogens is 592 g/mol. The fraction of sp³-hybridized carbons (Fsp3) is 0.367. The largest absolute Gasteiger partial charge is 0.480 e. The Morgan fingerprint density at radius 2 is 1.79 bits per heavy atom. The normalized spacial score (nSPS) is 12.7. The maximum atomic E-state index is 14.0. The van der Waals surface area contributed by atoms with Crippen LogP contribution in [0.15, 0.2) is 71.9 Å². The molecule has 13 heteroatoms. The Morgan fingerprint density at radius 1 is 1.05 bits per heavy atom. The number of benzene rings is 2. The molecule has 0 spiro atoms. The van der Waals surface area contributed by atoms with Crippen molar-refractivity contribution < 1.29 is 31.5 Å². The molecule has 2 aromatic carbocycles. The number of sulfonamides is 2. The lowest BCUT2D eigenvalue weighted by Gasteiger charge is -2.29. The molecule has 3 rings (SSSR count). The first-order chi connectivity index (χ1) is 20.4.